The van der Waals surface area contributed by atoms with Gasteiger partial charge < -0.3 is 0 Å². The number of hydrogen-bond acceptors (Lipinski definition) is 4. The Balaban J connectivity index is 2.01. The molecule has 0 radical (unpaired) electrons. The van der Waals surface area contributed by atoms with Crippen molar-refractivity contribution in [2.45, 2.75) is 0 Å². The van der Waals surface area contributed by atoms with E-state index in [0.717, 1.165) is 11.3 Å². The van der Waals surface area contributed by atoms with Crippen LogP contribution in [0.4, 0.5) is 0 Å². The summed E-state index contributed by atoms with van der Waals surface area (Å²) < 4.78 is 2.97. The maximum absolute atomic E-state index is 4.50. The summed E-state index contributed by atoms with van der Waals surface area (Å²) in [6.07, 6.45) is 5.22. The summed E-state index contributed by atoms with van der Waals surface area (Å²) in [6, 6.07) is 8.34. The summed E-state index contributed by atoms with van der Waals surface area (Å²) in [7, 11) is 0. The highest BCUT2D eigenvalue weighted by molar-refractivity contribution is 7.17. The summed E-state index contributed by atoms with van der Waals surface area (Å²) in [4.78, 5) is 8.69. The maximum Gasteiger partial charge on any atom is 0.251 e. The molecule has 5 heteroatoms. The van der Waals surface area contributed by atoms with Gasteiger partial charge in [0, 0.05) is 21.0 Å². The number of benzene rings is 1. The van der Waals surface area contributed by atoms with Gasteiger partial charge in [0.05, 0.1) is 24.3 Å². The highest BCUT2D eigenvalue weighted by atomic mass is 32.1. The molecule has 0 aliphatic carbocycles. The first-order chi connectivity index (χ1) is 8.92. The molecular formula is C13H8N4S. The van der Waals surface area contributed by atoms with E-state index in [-0.39, 0.29) is 0 Å². The van der Waals surface area contributed by atoms with E-state index in [1.54, 1.807) is 28.2 Å². The summed E-state index contributed by atoms with van der Waals surface area (Å²) in [5.41, 5.74) is 2.06. The maximum atomic E-state index is 4.50. The lowest BCUT2D eigenvalue weighted by Crippen LogP contribution is -1.89. The third-order valence-corrected chi connectivity index (χ3v) is 3.84. The third kappa shape index (κ3) is 1.34. The molecule has 1 aromatic carbocycles. The molecule has 0 saturated carbocycles. The molecule has 0 aliphatic heterocycles. The van der Waals surface area contributed by atoms with Crippen molar-refractivity contribution in [3.63, 3.8) is 0 Å². The van der Waals surface area contributed by atoms with Gasteiger partial charge in [-0.15, -0.1) is 11.3 Å². The van der Waals surface area contributed by atoms with Gasteiger partial charge in [-0.25, -0.2) is 14.5 Å². The number of fused-ring (bicyclic) bond motifs is 2. The minimum Gasteiger partial charge on any atom is -0.218 e. The van der Waals surface area contributed by atoms with Gasteiger partial charge in [-0.2, -0.15) is 5.10 Å². The molecule has 0 bridgehead atoms. The predicted octanol–water partition coefficient (Wildman–Crippen LogP) is 3.01. The second-order valence-corrected chi connectivity index (χ2v) is 4.87. The Morgan fingerprint density at radius 2 is 2.06 bits per heavy atom. The zero-order chi connectivity index (χ0) is 11.9. The molecule has 3 heterocycles. The van der Waals surface area contributed by atoms with Crippen LogP contribution in [0.25, 0.3) is 27.1 Å². The van der Waals surface area contributed by atoms with Crippen LogP contribution in [-0.2, 0) is 0 Å². The first kappa shape index (κ1) is 9.73. The minimum absolute atomic E-state index is 0.628. The van der Waals surface area contributed by atoms with E-state index in [0.29, 0.717) is 5.78 Å². The van der Waals surface area contributed by atoms with Crippen molar-refractivity contribution in [3.05, 3.63) is 48.2 Å². The van der Waals surface area contributed by atoms with Crippen molar-refractivity contribution >= 4 is 27.2 Å². The number of rotatable bonds is 1. The Morgan fingerprint density at radius 1 is 1.11 bits per heavy atom. The molecule has 0 unspecified atom stereocenters. The first-order valence-corrected chi connectivity index (χ1v) is 6.43. The van der Waals surface area contributed by atoms with Gasteiger partial charge in [0.15, 0.2) is 0 Å². The van der Waals surface area contributed by atoms with E-state index in [4.69, 9.17) is 0 Å². The van der Waals surface area contributed by atoms with Gasteiger partial charge in [0.2, 0.25) is 0 Å². The molecule has 0 amide bonds. The standard InChI is InChI=1S/C13H8N4S/c1-2-4-12-9(3-1)10(8-18-12)11-7-17-13(16-11)14-5-6-15-17/h1-8H. The Morgan fingerprint density at radius 3 is 3.00 bits per heavy atom. The monoisotopic (exact) mass is 252 g/mol. The highest BCUT2D eigenvalue weighted by Crippen LogP contribution is 2.32. The topological polar surface area (TPSA) is 43.1 Å². The van der Waals surface area contributed by atoms with Crippen molar-refractivity contribution in [2.24, 2.45) is 0 Å². The number of aromatic nitrogens is 4. The van der Waals surface area contributed by atoms with Crippen LogP contribution in [-0.4, -0.2) is 19.6 Å². The normalized spacial score (nSPS) is 11.3. The largest absolute Gasteiger partial charge is 0.251 e. The second-order valence-electron chi connectivity index (χ2n) is 3.96. The fourth-order valence-electron chi connectivity index (χ4n) is 2.04. The number of hydrogen-bond donors (Lipinski definition) is 0. The van der Waals surface area contributed by atoms with Gasteiger partial charge in [-0.3, -0.25) is 0 Å². The average Bonchev–Trinajstić information content (AvgIpc) is 3.02. The lowest BCUT2D eigenvalue weighted by Gasteiger charge is -1.92. The second kappa shape index (κ2) is 3.61. The zero-order valence-electron chi connectivity index (χ0n) is 9.32. The molecule has 4 rings (SSSR count). The van der Waals surface area contributed by atoms with E-state index in [1.165, 1.54) is 10.1 Å². The SMILES string of the molecule is c1ccc2c(-c3cn4nccnc4n3)csc2c1. The highest BCUT2D eigenvalue weighted by Gasteiger charge is 2.10. The van der Waals surface area contributed by atoms with Crippen LogP contribution in [0.3, 0.4) is 0 Å². The molecule has 0 spiro atoms. The van der Waals surface area contributed by atoms with Crippen molar-refractivity contribution < 1.29 is 0 Å². The van der Waals surface area contributed by atoms with E-state index in [9.17, 15) is 0 Å². The molecule has 3 aromatic heterocycles. The molecule has 0 N–H and O–H groups in total. The number of thiophene rings is 1. The Kier molecular flexibility index (Phi) is 1.95. The Hall–Kier alpha value is -2.27. The molecule has 4 aromatic rings. The molecular weight excluding hydrogens is 244 g/mol. The molecule has 86 valence electrons. The fraction of sp³-hybridized carbons (Fsp3) is 0. The van der Waals surface area contributed by atoms with Gasteiger partial charge in [-0.05, 0) is 6.07 Å². The van der Waals surface area contributed by atoms with Crippen LogP contribution >= 0.6 is 11.3 Å². The number of imidazole rings is 1. The molecule has 0 atom stereocenters. The van der Waals surface area contributed by atoms with Crippen LogP contribution < -0.4 is 0 Å². The smallest absolute Gasteiger partial charge is 0.218 e. The quantitative estimate of drug-likeness (QED) is 0.523. The van der Waals surface area contributed by atoms with Crippen LogP contribution in [0.2, 0.25) is 0 Å². The molecule has 0 saturated heterocycles. The van der Waals surface area contributed by atoms with Gasteiger partial charge >= 0.3 is 0 Å². The van der Waals surface area contributed by atoms with Crippen molar-refractivity contribution in [1.82, 2.24) is 19.6 Å². The zero-order valence-corrected chi connectivity index (χ0v) is 10.1. The van der Waals surface area contributed by atoms with Crippen molar-refractivity contribution in [1.29, 1.82) is 0 Å². The minimum atomic E-state index is 0.628. The van der Waals surface area contributed by atoms with E-state index in [2.05, 4.69) is 38.6 Å². The summed E-state index contributed by atoms with van der Waals surface area (Å²) in [6.45, 7) is 0. The third-order valence-electron chi connectivity index (χ3n) is 2.87. The first-order valence-electron chi connectivity index (χ1n) is 5.55. The van der Waals surface area contributed by atoms with Crippen LogP contribution in [0.15, 0.2) is 48.2 Å². The predicted molar refractivity (Wildman–Crippen MR) is 71.6 cm³/mol. The Labute approximate surface area is 107 Å². The fourth-order valence-corrected chi connectivity index (χ4v) is 3.00. The lowest BCUT2D eigenvalue weighted by atomic mass is 10.1. The average molecular weight is 252 g/mol. The summed E-state index contributed by atoms with van der Waals surface area (Å²) in [5.74, 6) is 0.628. The van der Waals surface area contributed by atoms with E-state index in [1.807, 2.05) is 12.3 Å². The van der Waals surface area contributed by atoms with E-state index < -0.39 is 0 Å². The van der Waals surface area contributed by atoms with Crippen LogP contribution in [0, 0.1) is 0 Å². The summed E-state index contributed by atoms with van der Waals surface area (Å²) in [5, 5.41) is 7.55. The van der Waals surface area contributed by atoms with Crippen molar-refractivity contribution in [2.75, 3.05) is 0 Å². The lowest BCUT2D eigenvalue weighted by molar-refractivity contribution is 0.902. The Bertz CT molecular complexity index is 813. The van der Waals surface area contributed by atoms with Crippen molar-refractivity contribution in [3.8, 4) is 11.3 Å². The van der Waals surface area contributed by atoms with E-state index >= 15 is 0 Å². The molecule has 0 aliphatic rings. The number of nitrogens with zero attached hydrogens (tertiary/aromatic N) is 4. The molecule has 18 heavy (non-hydrogen) atoms. The van der Waals surface area contributed by atoms with Crippen LogP contribution in [0.5, 0.6) is 0 Å². The van der Waals surface area contributed by atoms with Gasteiger partial charge in [0.25, 0.3) is 5.78 Å². The van der Waals surface area contributed by atoms with Gasteiger partial charge in [0.1, 0.15) is 0 Å². The summed E-state index contributed by atoms with van der Waals surface area (Å²) >= 11 is 1.73. The van der Waals surface area contributed by atoms with Gasteiger partial charge in [-0.1, -0.05) is 18.2 Å². The van der Waals surface area contributed by atoms with Crippen LogP contribution in [0.1, 0.15) is 0 Å². The molecule has 4 nitrogen and oxygen atoms in total. The molecule has 0 fully saturated rings.